The number of carbonyl (C=O) groups excluding carboxylic acids is 2. The van der Waals surface area contributed by atoms with Gasteiger partial charge in [-0.3, -0.25) is 0 Å². The average Bonchev–Trinajstić information content (AvgIpc) is 2.93. The zero-order valence-electron chi connectivity index (χ0n) is 11.8. The van der Waals surface area contributed by atoms with E-state index in [-0.39, 0.29) is 22.4 Å². The van der Waals surface area contributed by atoms with E-state index in [1.807, 2.05) is 0 Å². The van der Waals surface area contributed by atoms with Gasteiger partial charge in [-0.2, -0.15) is 0 Å². The maximum Gasteiger partial charge on any atom is 0.335 e. The first-order valence-electron chi connectivity index (χ1n) is 6.46. The Bertz CT molecular complexity index is 871. The number of carbonyl (C=O) groups is 3. The van der Waals surface area contributed by atoms with Gasteiger partial charge in [-0.25, -0.2) is 23.9 Å². The molecule has 1 unspecified atom stereocenters. The molecule has 1 aromatic carbocycles. The van der Waals surface area contributed by atoms with Gasteiger partial charge in [-0.05, 0) is 23.3 Å². The third-order valence-electron chi connectivity index (χ3n) is 3.53. The van der Waals surface area contributed by atoms with Crippen molar-refractivity contribution in [1.82, 2.24) is 20.5 Å². The van der Waals surface area contributed by atoms with Gasteiger partial charge in [0.2, 0.25) is 0 Å². The van der Waals surface area contributed by atoms with Crippen molar-refractivity contribution >= 4 is 29.1 Å². The Morgan fingerprint density at radius 1 is 1.39 bits per heavy atom. The number of nitrogens with two attached hydrogens (primary N) is 1. The second kappa shape index (κ2) is 5.09. The highest BCUT2D eigenvalue weighted by Gasteiger charge is 2.41. The van der Waals surface area contributed by atoms with Gasteiger partial charge >= 0.3 is 18.0 Å². The summed E-state index contributed by atoms with van der Waals surface area (Å²) in [5, 5.41) is 19.2. The van der Waals surface area contributed by atoms with Crippen molar-refractivity contribution in [1.29, 1.82) is 0 Å². The number of nitrogens with zero attached hydrogens (tertiary/aromatic N) is 3. The highest BCUT2D eigenvalue weighted by atomic mass is 16.6. The Labute approximate surface area is 128 Å². The Balaban J connectivity index is 2.31. The van der Waals surface area contributed by atoms with E-state index in [4.69, 9.17) is 5.73 Å². The molecule has 2 aromatic rings. The van der Waals surface area contributed by atoms with Gasteiger partial charge in [-0.1, -0.05) is 12.1 Å². The third-order valence-corrected chi connectivity index (χ3v) is 3.53. The van der Waals surface area contributed by atoms with Crippen LogP contribution in [0.25, 0.3) is 11.0 Å². The number of carboxylic acids is 1. The maximum absolute atomic E-state index is 12.1. The molecule has 1 aromatic heterocycles. The van der Waals surface area contributed by atoms with Crippen LogP contribution < -0.4 is 11.1 Å². The molecule has 23 heavy (non-hydrogen) atoms. The molecule has 2 heterocycles. The zero-order valence-corrected chi connectivity index (χ0v) is 11.8. The lowest BCUT2D eigenvalue weighted by Crippen LogP contribution is -2.53. The summed E-state index contributed by atoms with van der Waals surface area (Å²) in [7, 11) is 0. The SMILES string of the molecule is CC1=C(C(=O)O)C(c2cccc3nonc23)N(C(N)=O)C(=O)N1. The first-order valence-corrected chi connectivity index (χ1v) is 6.46. The molecule has 0 saturated carbocycles. The molecule has 10 heteroatoms. The number of rotatable bonds is 2. The van der Waals surface area contributed by atoms with E-state index in [2.05, 4.69) is 20.3 Å². The summed E-state index contributed by atoms with van der Waals surface area (Å²) in [5.74, 6) is -1.30. The Morgan fingerprint density at radius 2 is 2.13 bits per heavy atom. The summed E-state index contributed by atoms with van der Waals surface area (Å²) in [6, 6.07) is 1.56. The first-order chi connectivity index (χ1) is 10.9. The summed E-state index contributed by atoms with van der Waals surface area (Å²) in [4.78, 5) is 36.1. The number of aromatic nitrogens is 2. The van der Waals surface area contributed by atoms with Crippen LogP contribution in [0.1, 0.15) is 18.5 Å². The molecule has 0 radical (unpaired) electrons. The molecular weight excluding hydrogens is 306 g/mol. The van der Waals surface area contributed by atoms with Crippen molar-refractivity contribution in [2.24, 2.45) is 5.73 Å². The number of amides is 4. The summed E-state index contributed by atoms with van der Waals surface area (Å²) in [5.41, 5.74) is 6.05. The van der Waals surface area contributed by atoms with Gasteiger partial charge in [-0.15, -0.1) is 0 Å². The fourth-order valence-corrected chi connectivity index (χ4v) is 2.59. The quantitative estimate of drug-likeness (QED) is 0.738. The summed E-state index contributed by atoms with van der Waals surface area (Å²) in [6.45, 7) is 1.42. The van der Waals surface area contributed by atoms with Crippen molar-refractivity contribution in [3.8, 4) is 0 Å². The first kappa shape index (κ1) is 14.5. The molecule has 1 aliphatic heterocycles. The standard InChI is InChI=1S/C13H11N5O5/c1-5-8(11(19)20)10(18(12(14)21)13(22)15-5)6-3-2-4-7-9(6)17-23-16-7/h2-4,10H,1H3,(H2,14,21)(H,15,22)(H,19,20). The molecule has 4 N–H and O–H groups in total. The Kier molecular flexibility index (Phi) is 3.21. The van der Waals surface area contributed by atoms with Crippen molar-refractivity contribution < 1.29 is 24.1 Å². The van der Waals surface area contributed by atoms with Gasteiger partial charge in [0.05, 0.1) is 5.57 Å². The van der Waals surface area contributed by atoms with Crippen LogP contribution in [-0.2, 0) is 4.79 Å². The van der Waals surface area contributed by atoms with Gasteiger partial charge in [0.25, 0.3) is 0 Å². The normalized spacial score (nSPS) is 18.2. The number of hydrogen-bond donors (Lipinski definition) is 3. The minimum absolute atomic E-state index is 0.110. The van der Waals surface area contributed by atoms with Crippen molar-refractivity contribution in [2.75, 3.05) is 0 Å². The molecular formula is C13H11N5O5. The number of fused-ring (bicyclic) bond motifs is 1. The summed E-state index contributed by atoms with van der Waals surface area (Å²) in [6.07, 6.45) is 0. The van der Waals surface area contributed by atoms with E-state index in [1.165, 1.54) is 13.0 Å². The predicted octanol–water partition coefficient (Wildman–Crippen LogP) is 0.726. The van der Waals surface area contributed by atoms with Crippen LogP contribution in [0.3, 0.4) is 0 Å². The molecule has 1 aliphatic rings. The van der Waals surface area contributed by atoms with Gasteiger partial charge < -0.3 is 16.2 Å². The Hall–Kier alpha value is -3.43. The minimum Gasteiger partial charge on any atom is -0.478 e. The molecule has 0 bridgehead atoms. The van der Waals surface area contributed by atoms with Crippen LogP contribution in [0, 0.1) is 0 Å². The lowest BCUT2D eigenvalue weighted by atomic mass is 9.93. The Morgan fingerprint density at radius 3 is 2.78 bits per heavy atom. The van der Waals surface area contributed by atoms with Crippen molar-refractivity contribution in [3.05, 3.63) is 35.0 Å². The minimum atomic E-state index is -1.30. The van der Waals surface area contributed by atoms with Crippen molar-refractivity contribution in [2.45, 2.75) is 13.0 Å². The third kappa shape index (κ3) is 2.16. The van der Waals surface area contributed by atoms with Crippen LogP contribution >= 0.6 is 0 Å². The monoisotopic (exact) mass is 317 g/mol. The van der Waals surface area contributed by atoms with Crippen LogP contribution in [0.5, 0.6) is 0 Å². The fraction of sp³-hybridized carbons (Fsp3) is 0.154. The second-order valence-electron chi connectivity index (χ2n) is 4.86. The van der Waals surface area contributed by atoms with E-state index < -0.39 is 24.1 Å². The zero-order chi connectivity index (χ0) is 16.7. The number of nitrogens with one attached hydrogen (secondary N) is 1. The topological polar surface area (TPSA) is 152 Å². The van der Waals surface area contributed by atoms with Crippen LogP contribution in [-0.4, -0.2) is 38.4 Å². The van der Waals surface area contributed by atoms with Crippen LogP contribution in [0.2, 0.25) is 0 Å². The number of benzene rings is 1. The highest BCUT2D eigenvalue weighted by Crippen LogP contribution is 2.36. The molecule has 0 fully saturated rings. The molecule has 1 atom stereocenters. The second-order valence-corrected chi connectivity index (χ2v) is 4.86. The molecule has 3 rings (SSSR count). The van der Waals surface area contributed by atoms with E-state index in [1.54, 1.807) is 12.1 Å². The number of imide groups is 1. The highest BCUT2D eigenvalue weighted by molar-refractivity contribution is 6.01. The summed E-state index contributed by atoms with van der Waals surface area (Å²) >= 11 is 0. The fourth-order valence-electron chi connectivity index (χ4n) is 2.59. The molecule has 118 valence electrons. The predicted molar refractivity (Wildman–Crippen MR) is 74.8 cm³/mol. The van der Waals surface area contributed by atoms with E-state index in [9.17, 15) is 19.5 Å². The average molecular weight is 317 g/mol. The van der Waals surface area contributed by atoms with E-state index in [0.29, 0.717) is 10.4 Å². The molecule has 10 nitrogen and oxygen atoms in total. The number of primary amides is 1. The number of hydrogen-bond acceptors (Lipinski definition) is 6. The molecule has 4 amide bonds. The molecule has 0 saturated heterocycles. The van der Waals surface area contributed by atoms with Gasteiger partial charge in [0.15, 0.2) is 0 Å². The lowest BCUT2D eigenvalue weighted by molar-refractivity contribution is -0.133. The van der Waals surface area contributed by atoms with Gasteiger partial charge in [0, 0.05) is 11.3 Å². The number of allylic oxidation sites excluding steroid dienone is 1. The number of aliphatic carboxylic acids is 1. The smallest absolute Gasteiger partial charge is 0.335 e. The van der Waals surface area contributed by atoms with E-state index in [0.717, 1.165) is 0 Å². The summed E-state index contributed by atoms with van der Waals surface area (Å²) < 4.78 is 4.64. The largest absolute Gasteiger partial charge is 0.478 e. The molecule has 0 aliphatic carbocycles. The maximum atomic E-state index is 12.1. The number of urea groups is 2. The van der Waals surface area contributed by atoms with Crippen LogP contribution in [0.15, 0.2) is 34.1 Å². The van der Waals surface area contributed by atoms with Crippen molar-refractivity contribution in [3.63, 3.8) is 0 Å². The van der Waals surface area contributed by atoms with Gasteiger partial charge in [0.1, 0.15) is 17.1 Å². The van der Waals surface area contributed by atoms with Crippen LogP contribution in [0.4, 0.5) is 9.59 Å². The lowest BCUT2D eigenvalue weighted by Gasteiger charge is -2.34. The molecule has 0 spiro atoms. The van der Waals surface area contributed by atoms with E-state index >= 15 is 0 Å². The number of carboxylic acid groups (broad SMARTS) is 1.